The third-order valence-electron chi connectivity index (χ3n) is 3.91. The average molecular weight is 391 g/mol. The maximum Gasteiger partial charge on any atom is 0.259 e. The van der Waals surface area contributed by atoms with Crippen molar-refractivity contribution >= 4 is 45.2 Å². The van der Waals surface area contributed by atoms with Crippen LogP contribution in [-0.2, 0) is 0 Å². The summed E-state index contributed by atoms with van der Waals surface area (Å²) < 4.78 is 10.5. The molecule has 1 aromatic heterocycles. The number of hydrogen-bond donors (Lipinski definition) is 1. The van der Waals surface area contributed by atoms with Gasteiger partial charge in [-0.25, -0.2) is 4.98 Å². The Labute approximate surface area is 160 Å². The fourth-order valence-electron chi connectivity index (χ4n) is 2.65. The number of aryl methyl sites for hydroxylation is 1. The molecule has 5 nitrogen and oxygen atoms in total. The second kappa shape index (κ2) is 7.40. The number of hydrogen-bond acceptors (Lipinski definition) is 4. The fraction of sp³-hybridized carbons (Fsp3) is 0.158. The van der Waals surface area contributed by atoms with Crippen LogP contribution in [-0.4, -0.2) is 24.2 Å². The van der Waals surface area contributed by atoms with Crippen molar-refractivity contribution in [2.24, 2.45) is 0 Å². The predicted molar refractivity (Wildman–Crippen MR) is 105 cm³/mol. The number of nitrogens with zero attached hydrogens (tertiary/aromatic N) is 1. The summed E-state index contributed by atoms with van der Waals surface area (Å²) in [6.45, 7) is 1.89. The van der Waals surface area contributed by atoms with Gasteiger partial charge >= 0.3 is 0 Å². The molecule has 0 unspecified atom stereocenters. The standard InChI is InChI=1S/C19H16Cl2N2O3/c1-10-5-4-6-12-16(10)22-18(23-19(12)24)14(21)8-11-7-13(20)17(26-3)15(9-11)25-2/h4-9H,1-3H3,(H,22,23,24)/b14-8-. The summed E-state index contributed by atoms with van der Waals surface area (Å²) in [5, 5.41) is 1.18. The van der Waals surface area contributed by atoms with Crippen LogP contribution in [0, 0.1) is 6.92 Å². The molecule has 0 bridgehead atoms. The normalized spacial score (nSPS) is 11.7. The van der Waals surface area contributed by atoms with E-state index in [9.17, 15) is 4.79 Å². The predicted octanol–water partition coefficient (Wildman–Crippen LogP) is 4.64. The Kier molecular flexibility index (Phi) is 5.20. The zero-order valence-corrected chi connectivity index (χ0v) is 15.9. The first kappa shape index (κ1) is 18.3. The molecule has 3 aromatic rings. The van der Waals surface area contributed by atoms with Crippen molar-refractivity contribution in [3.8, 4) is 11.5 Å². The van der Waals surface area contributed by atoms with Gasteiger partial charge in [0.1, 0.15) is 0 Å². The lowest BCUT2D eigenvalue weighted by Gasteiger charge is -2.10. The summed E-state index contributed by atoms with van der Waals surface area (Å²) in [5.74, 6) is 1.20. The zero-order valence-electron chi connectivity index (χ0n) is 14.4. The highest BCUT2D eigenvalue weighted by atomic mass is 35.5. The van der Waals surface area contributed by atoms with Crippen molar-refractivity contribution in [2.45, 2.75) is 6.92 Å². The number of benzene rings is 2. The highest BCUT2D eigenvalue weighted by Gasteiger charge is 2.12. The van der Waals surface area contributed by atoms with E-state index >= 15 is 0 Å². The number of ether oxygens (including phenoxy) is 2. The molecule has 0 aliphatic heterocycles. The van der Waals surface area contributed by atoms with E-state index in [1.54, 1.807) is 24.3 Å². The molecule has 1 heterocycles. The second-order valence-electron chi connectivity index (χ2n) is 5.62. The average Bonchev–Trinajstić information content (AvgIpc) is 2.61. The van der Waals surface area contributed by atoms with Gasteiger partial charge in [-0.2, -0.15) is 0 Å². The first-order chi connectivity index (χ1) is 12.4. The minimum atomic E-state index is -0.245. The minimum Gasteiger partial charge on any atom is -0.493 e. The van der Waals surface area contributed by atoms with Crippen molar-refractivity contribution in [1.82, 2.24) is 9.97 Å². The molecule has 3 rings (SSSR count). The van der Waals surface area contributed by atoms with Gasteiger partial charge in [-0.05, 0) is 42.3 Å². The van der Waals surface area contributed by atoms with Crippen LogP contribution in [0.4, 0.5) is 0 Å². The number of aromatic nitrogens is 2. The van der Waals surface area contributed by atoms with Crippen LogP contribution < -0.4 is 15.0 Å². The Hall–Kier alpha value is -2.50. The van der Waals surface area contributed by atoms with E-state index in [0.717, 1.165) is 5.56 Å². The van der Waals surface area contributed by atoms with Crippen LogP contribution in [0.15, 0.2) is 35.1 Å². The molecule has 1 N–H and O–H groups in total. The number of fused-ring (bicyclic) bond motifs is 1. The summed E-state index contributed by atoms with van der Waals surface area (Å²) in [7, 11) is 3.03. The molecule has 0 aliphatic rings. The van der Waals surface area contributed by atoms with Gasteiger partial charge in [-0.15, -0.1) is 0 Å². The van der Waals surface area contributed by atoms with Gasteiger partial charge in [0.15, 0.2) is 17.3 Å². The van der Waals surface area contributed by atoms with Crippen molar-refractivity contribution in [3.05, 3.63) is 62.7 Å². The summed E-state index contributed by atoms with van der Waals surface area (Å²) >= 11 is 12.6. The smallest absolute Gasteiger partial charge is 0.259 e. The lowest BCUT2D eigenvalue weighted by molar-refractivity contribution is 0.355. The molecule has 0 fully saturated rings. The van der Waals surface area contributed by atoms with Gasteiger partial charge in [-0.3, -0.25) is 4.79 Å². The molecular formula is C19H16Cl2N2O3. The molecule has 26 heavy (non-hydrogen) atoms. The topological polar surface area (TPSA) is 64.2 Å². The third-order valence-corrected chi connectivity index (χ3v) is 4.48. The quantitative estimate of drug-likeness (QED) is 0.704. The van der Waals surface area contributed by atoms with Crippen LogP contribution in [0.3, 0.4) is 0 Å². The van der Waals surface area contributed by atoms with Gasteiger partial charge in [0.25, 0.3) is 5.56 Å². The highest BCUT2D eigenvalue weighted by molar-refractivity contribution is 6.50. The van der Waals surface area contributed by atoms with Crippen LogP contribution in [0.25, 0.3) is 22.0 Å². The molecule has 0 amide bonds. The number of H-pyrrole nitrogens is 1. The number of halogens is 2. The maximum atomic E-state index is 12.3. The first-order valence-electron chi connectivity index (χ1n) is 7.73. The van der Waals surface area contributed by atoms with E-state index in [0.29, 0.717) is 33.0 Å². The second-order valence-corrected chi connectivity index (χ2v) is 6.43. The van der Waals surface area contributed by atoms with Crippen LogP contribution in [0.5, 0.6) is 11.5 Å². The molecule has 0 saturated carbocycles. The molecule has 2 aromatic carbocycles. The van der Waals surface area contributed by atoms with Gasteiger partial charge < -0.3 is 14.5 Å². The Morgan fingerprint density at radius 1 is 1.23 bits per heavy atom. The number of para-hydroxylation sites is 1. The largest absolute Gasteiger partial charge is 0.493 e. The van der Waals surface area contributed by atoms with E-state index < -0.39 is 0 Å². The Balaban J connectivity index is 2.11. The molecular weight excluding hydrogens is 375 g/mol. The molecule has 0 radical (unpaired) electrons. The first-order valence-corrected chi connectivity index (χ1v) is 8.49. The van der Waals surface area contributed by atoms with Gasteiger partial charge in [-0.1, -0.05) is 35.3 Å². The van der Waals surface area contributed by atoms with Crippen molar-refractivity contribution in [3.63, 3.8) is 0 Å². The van der Waals surface area contributed by atoms with Gasteiger partial charge in [0, 0.05) is 0 Å². The summed E-state index contributed by atoms with van der Waals surface area (Å²) in [6, 6.07) is 8.86. The van der Waals surface area contributed by atoms with Gasteiger partial charge in [0.2, 0.25) is 0 Å². The van der Waals surface area contributed by atoms with E-state index in [4.69, 9.17) is 32.7 Å². The summed E-state index contributed by atoms with van der Waals surface area (Å²) in [6.07, 6.45) is 1.65. The monoisotopic (exact) mass is 390 g/mol. The van der Waals surface area contributed by atoms with E-state index in [1.807, 2.05) is 19.1 Å². The highest BCUT2D eigenvalue weighted by Crippen LogP contribution is 2.37. The number of nitrogens with one attached hydrogen (secondary N) is 1. The van der Waals surface area contributed by atoms with Crippen LogP contribution in [0.1, 0.15) is 17.0 Å². The Morgan fingerprint density at radius 2 is 2.00 bits per heavy atom. The van der Waals surface area contributed by atoms with E-state index in [2.05, 4.69) is 9.97 Å². The van der Waals surface area contributed by atoms with Crippen LogP contribution in [0.2, 0.25) is 5.02 Å². The Morgan fingerprint density at radius 3 is 2.69 bits per heavy atom. The lowest BCUT2D eigenvalue weighted by Crippen LogP contribution is -2.11. The zero-order chi connectivity index (χ0) is 18.8. The minimum absolute atomic E-state index is 0.245. The van der Waals surface area contributed by atoms with Crippen LogP contribution >= 0.6 is 23.2 Å². The van der Waals surface area contributed by atoms with Crippen molar-refractivity contribution in [1.29, 1.82) is 0 Å². The number of methoxy groups -OCH3 is 2. The maximum absolute atomic E-state index is 12.3. The van der Waals surface area contributed by atoms with Crippen molar-refractivity contribution < 1.29 is 9.47 Å². The SMILES string of the molecule is COc1cc(/C=C(\Cl)c2nc3c(C)cccc3c(=O)[nH]2)cc(Cl)c1OC. The molecule has 0 atom stereocenters. The molecule has 7 heteroatoms. The molecule has 0 aliphatic carbocycles. The summed E-state index contributed by atoms with van der Waals surface area (Å²) in [5.41, 5.74) is 1.95. The molecule has 0 spiro atoms. The number of aromatic amines is 1. The molecule has 134 valence electrons. The third kappa shape index (κ3) is 3.41. The Bertz CT molecular complexity index is 1070. The van der Waals surface area contributed by atoms with E-state index in [-0.39, 0.29) is 16.4 Å². The summed E-state index contributed by atoms with van der Waals surface area (Å²) in [4.78, 5) is 19.5. The van der Waals surface area contributed by atoms with Crippen molar-refractivity contribution in [2.75, 3.05) is 14.2 Å². The number of rotatable bonds is 4. The van der Waals surface area contributed by atoms with E-state index in [1.165, 1.54) is 14.2 Å². The fourth-order valence-corrected chi connectivity index (χ4v) is 3.17. The lowest BCUT2D eigenvalue weighted by atomic mass is 10.1. The molecule has 0 saturated heterocycles. The van der Waals surface area contributed by atoms with Gasteiger partial charge in [0.05, 0.1) is 35.2 Å².